The zero-order valence-corrected chi connectivity index (χ0v) is 25.7. The molecule has 212 valence electrons. The SMILES string of the molecule is Bc1ccc(N(c2ccc(CCCC)cc2)c2ccc(N(c3ccc(C)cc3)c3ccc(CCCC)cc3)cc2)cc1. The maximum absolute atomic E-state index is 2.35. The molecule has 5 rings (SSSR count). The Morgan fingerprint density at radius 2 is 0.714 bits per heavy atom. The van der Waals surface area contributed by atoms with Gasteiger partial charge in [0.1, 0.15) is 7.85 Å². The van der Waals surface area contributed by atoms with Crippen LogP contribution in [-0.2, 0) is 12.8 Å². The summed E-state index contributed by atoms with van der Waals surface area (Å²) in [6.45, 7) is 6.64. The fourth-order valence-electron chi connectivity index (χ4n) is 5.42. The number of hydrogen-bond donors (Lipinski definition) is 0. The van der Waals surface area contributed by atoms with Crippen LogP contribution in [0.2, 0.25) is 0 Å². The molecule has 5 aromatic carbocycles. The van der Waals surface area contributed by atoms with Crippen molar-refractivity contribution in [3.05, 3.63) is 138 Å². The molecule has 2 nitrogen and oxygen atoms in total. The lowest BCUT2D eigenvalue weighted by atomic mass is 9.96. The van der Waals surface area contributed by atoms with Gasteiger partial charge in [-0.1, -0.05) is 86.2 Å². The third kappa shape index (κ3) is 7.15. The largest absolute Gasteiger partial charge is 0.311 e. The Hall–Kier alpha value is -4.24. The summed E-state index contributed by atoms with van der Waals surface area (Å²) in [7, 11) is 2.14. The predicted octanol–water partition coefficient (Wildman–Crippen LogP) is 9.88. The summed E-state index contributed by atoms with van der Waals surface area (Å²) >= 11 is 0. The van der Waals surface area contributed by atoms with E-state index in [1.807, 2.05) is 0 Å². The van der Waals surface area contributed by atoms with Gasteiger partial charge in [-0.15, -0.1) is 0 Å². The van der Waals surface area contributed by atoms with E-state index in [4.69, 9.17) is 0 Å². The van der Waals surface area contributed by atoms with Crippen LogP contribution in [-0.4, -0.2) is 7.85 Å². The molecule has 0 saturated heterocycles. The summed E-state index contributed by atoms with van der Waals surface area (Å²) in [4.78, 5) is 4.71. The number of nitrogens with zero attached hydrogens (tertiary/aromatic N) is 2. The number of anilines is 6. The molecule has 0 bridgehead atoms. The van der Waals surface area contributed by atoms with Gasteiger partial charge in [0.15, 0.2) is 0 Å². The van der Waals surface area contributed by atoms with E-state index >= 15 is 0 Å². The quantitative estimate of drug-likeness (QED) is 0.143. The van der Waals surface area contributed by atoms with E-state index in [0.717, 1.165) is 35.6 Å². The summed E-state index contributed by atoms with van der Waals surface area (Å²) in [5, 5.41) is 0. The van der Waals surface area contributed by atoms with Gasteiger partial charge in [0, 0.05) is 34.1 Å². The summed E-state index contributed by atoms with van der Waals surface area (Å²) in [5.74, 6) is 0. The Morgan fingerprint density at radius 1 is 0.429 bits per heavy atom. The van der Waals surface area contributed by atoms with Crippen LogP contribution in [0.3, 0.4) is 0 Å². The molecule has 42 heavy (non-hydrogen) atoms. The van der Waals surface area contributed by atoms with E-state index < -0.39 is 0 Å². The second-order valence-electron chi connectivity index (χ2n) is 11.4. The molecule has 0 N–H and O–H groups in total. The summed E-state index contributed by atoms with van der Waals surface area (Å²) in [6.07, 6.45) is 7.14. The maximum Gasteiger partial charge on any atom is 0.139 e. The topological polar surface area (TPSA) is 6.48 Å². The van der Waals surface area contributed by atoms with Crippen molar-refractivity contribution < 1.29 is 0 Å². The van der Waals surface area contributed by atoms with Crippen LogP contribution >= 0.6 is 0 Å². The molecule has 0 unspecified atom stereocenters. The van der Waals surface area contributed by atoms with E-state index in [1.165, 1.54) is 59.2 Å². The summed E-state index contributed by atoms with van der Waals surface area (Å²) < 4.78 is 0. The van der Waals surface area contributed by atoms with Crippen LogP contribution in [0.4, 0.5) is 34.1 Å². The Labute approximate surface area is 254 Å². The lowest BCUT2D eigenvalue weighted by molar-refractivity contribution is 0.795. The molecule has 0 spiro atoms. The van der Waals surface area contributed by atoms with Crippen LogP contribution in [0.5, 0.6) is 0 Å². The van der Waals surface area contributed by atoms with Crippen molar-refractivity contribution in [2.24, 2.45) is 0 Å². The second kappa shape index (κ2) is 14.1. The molecule has 0 amide bonds. The lowest BCUT2D eigenvalue weighted by Crippen LogP contribution is -2.13. The molecular formula is C39H43BN2. The van der Waals surface area contributed by atoms with Gasteiger partial charge in [0.05, 0.1) is 0 Å². The first-order valence-corrected chi connectivity index (χ1v) is 15.6. The molecular weight excluding hydrogens is 507 g/mol. The van der Waals surface area contributed by atoms with E-state index in [1.54, 1.807) is 0 Å². The minimum Gasteiger partial charge on any atom is -0.311 e. The van der Waals surface area contributed by atoms with Crippen LogP contribution in [0.25, 0.3) is 0 Å². The highest BCUT2D eigenvalue weighted by atomic mass is 15.2. The monoisotopic (exact) mass is 550 g/mol. The Kier molecular flexibility index (Phi) is 9.82. The highest BCUT2D eigenvalue weighted by molar-refractivity contribution is 6.32. The summed E-state index contributed by atoms with van der Waals surface area (Å²) in [6, 6.07) is 44.8. The third-order valence-corrected chi connectivity index (χ3v) is 7.98. The second-order valence-corrected chi connectivity index (χ2v) is 11.4. The number of hydrogen-bond acceptors (Lipinski definition) is 2. The molecule has 5 aromatic rings. The van der Waals surface area contributed by atoms with Crippen LogP contribution in [0.15, 0.2) is 121 Å². The normalized spacial score (nSPS) is 10.9. The molecule has 0 aliphatic heterocycles. The third-order valence-electron chi connectivity index (χ3n) is 7.98. The van der Waals surface area contributed by atoms with Gasteiger partial charge in [-0.05, 0) is 117 Å². The van der Waals surface area contributed by atoms with Crippen molar-refractivity contribution in [2.75, 3.05) is 9.80 Å². The Morgan fingerprint density at radius 3 is 1.05 bits per heavy atom. The van der Waals surface area contributed by atoms with Gasteiger partial charge in [0.25, 0.3) is 0 Å². The zero-order valence-electron chi connectivity index (χ0n) is 25.7. The highest BCUT2D eigenvalue weighted by Gasteiger charge is 2.16. The standard InChI is InChI=1S/C39H43BN2/c1-4-6-8-31-12-20-35(21-13-31)41(34-18-10-30(3)11-19-34)38-26-28-39(29-27-38)42(37-24-16-33(40)17-25-37)36-22-14-32(15-23-36)9-7-5-2/h10-29H,4-9,40H2,1-3H3. The van der Waals surface area contributed by atoms with Crippen molar-refractivity contribution in [1.29, 1.82) is 0 Å². The van der Waals surface area contributed by atoms with Gasteiger partial charge in [-0.3, -0.25) is 0 Å². The minimum absolute atomic E-state index is 1.13. The van der Waals surface area contributed by atoms with Gasteiger partial charge in [-0.2, -0.15) is 0 Å². The molecule has 3 heteroatoms. The van der Waals surface area contributed by atoms with Crippen molar-refractivity contribution >= 4 is 47.4 Å². The van der Waals surface area contributed by atoms with Gasteiger partial charge >= 0.3 is 0 Å². The van der Waals surface area contributed by atoms with Crippen molar-refractivity contribution in [3.63, 3.8) is 0 Å². The molecule has 0 aliphatic carbocycles. The molecule has 0 atom stereocenters. The highest BCUT2D eigenvalue weighted by Crippen LogP contribution is 2.39. The fourth-order valence-corrected chi connectivity index (χ4v) is 5.42. The average molecular weight is 551 g/mol. The molecule has 0 aromatic heterocycles. The number of benzene rings is 5. The molecule has 0 fully saturated rings. The van der Waals surface area contributed by atoms with Crippen molar-refractivity contribution in [3.8, 4) is 0 Å². The van der Waals surface area contributed by atoms with E-state index in [0.29, 0.717) is 0 Å². The van der Waals surface area contributed by atoms with Gasteiger partial charge < -0.3 is 9.80 Å². The molecule has 0 aliphatic rings. The van der Waals surface area contributed by atoms with Crippen LogP contribution in [0, 0.1) is 6.92 Å². The molecule has 0 heterocycles. The number of aryl methyl sites for hydroxylation is 3. The fraction of sp³-hybridized carbons (Fsp3) is 0.231. The number of unbranched alkanes of at least 4 members (excludes halogenated alkanes) is 2. The minimum atomic E-state index is 1.13. The Balaban J connectivity index is 1.51. The predicted molar refractivity (Wildman–Crippen MR) is 186 cm³/mol. The molecule has 0 radical (unpaired) electrons. The maximum atomic E-state index is 2.35. The van der Waals surface area contributed by atoms with E-state index in [-0.39, 0.29) is 0 Å². The smallest absolute Gasteiger partial charge is 0.139 e. The van der Waals surface area contributed by atoms with Crippen molar-refractivity contribution in [1.82, 2.24) is 0 Å². The summed E-state index contributed by atoms with van der Waals surface area (Å²) in [5.41, 5.74) is 12.3. The zero-order chi connectivity index (χ0) is 29.3. The first-order chi connectivity index (χ1) is 20.6. The van der Waals surface area contributed by atoms with Crippen LogP contribution < -0.4 is 15.3 Å². The number of rotatable bonds is 12. The average Bonchev–Trinajstić information content (AvgIpc) is 3.03. The molecule has 0 saturated carbocycles. The first kappa shape index (κ1) is 29.3. The van der Waals surface area contributed by atoms with Crippen molar-refractivity contribution in [2.45, 2.75) is 59.3 Å². The Bertz CT molecular complexity index is 1400. The van der Waals surface area contributed by atoms with Crippen LogP contribution in [0.1, 0.15) is 56.2 Å². The van der Waals surface area contributed by atoms with E-state index in [2.05, 4.69) is 160 Å². The lowest BCUT2D eigenvalue weighted by Gasteiger charge is -2.28. The first-order valence-electron chi connectivity index (χ1n) is 15.6. The van der Waals surface area contributed by atoms with E-state index in [9.17, 15) is 0 Å². The van der Waals surface area contributed by atoms with Gasteiger partial charge in [-0.25, -0.2) is 0 Å². The van der Waals surface area contributed by atoms with Gasteiger partial charge in [0.2, 0.25) is 0 Å².